The molecular formula is C21H26N4. The first kappa shape index (κ1) is 15.3. The molecule has 0 radical (unpaired) electrons. The first-order chi connectivity index (χ1) is 12.3. The summed E-state index contributed by atoms with van der Waals surface area (Å²) in [6.45, 7) is 3.29. The molecule has 4 nitrogen and oxygen atoms in total. The van der Waals surface area contributed by atoms with E-state index in [-0.39, 0.29) is 0 Å². The Labute approximate surface area is 149 Å². The van der Waals surface area contributed by atoms with Crippen LogP contribution in [0.3, 0.4) is 0 Å². The van der Waals surface area contributed by atoms with E-state index in [1.807, 2.05) is 18.5 Å². The quantitative estimate of drug-likeness (QED) is 0.930. The lowest BCUT2D eigenvalue weighted by Gasteiger charge is -2.40. The van der Waals surface area contributed by atoms with Gasteiger partial charge in [-0.2, -0.15) is 0 Å². The molecule has 0 amide bonds. The van der Waals surface area contributed by atoms with Gasteiger partial charge in [0.1, 0.15) is 0 Å². The van der Waals surface area contributed by atoms with E-state index in [0.29, 0.717) is 11.5 Å². The Morgan fingerprint density at radius 2 is 1.80 bits per heavy atom. The van der Waals surface area contributed by atoms with E-state index >= 15 is 0 Å². The summed E-state index contributed by atoms with van der Waals surface area (Å²) >= 11 is 0. The molecule has 3 aliphatic rings. The minimum Gasteiger partial charge on any atom is -0.341 e. The van der Waals surface area contributed by atoms with E-state index in [9.17, 15) is 0 Å². The van der Waals surface area contributed by atoms with Crippen LogP contribution in [0.4, 0.5) is 5.95 Å². The van der Waals surface area contributed by atoms with E-state index in [1.54, 1.807) is 11.1 Å². The molecule has 5 rings (SSSR count). The van der Waals surface area contributed by atoms with Crippen molar-refractivity contribution in [2.75, 3.05) is 24.5 Å². The van der Waals surface area contributed by atoms with Gasteiger partial charge < -0.3 is 10.2 Å². The summed E-state index contributed by atoms with van der Waals surface area (Å²) in [5.74, 6) is 1.81. The Balaban J connectivity index is 1.35. The third-order valence-corrected chi connectivity index (χ3v) is 6.41. The standard InChI is InChI=1S/C21H26N4/c1-2-5-18-17(4-1)19(24-15-16-6-7-16)14-21(18)8-12-25(13-9-21)20-22-10-3-11-23-20/h1-5,10-11,16,19,24H,6-9,12-15H2. The molecule has 1 aromatic heterocycles. The molecular weight excluding hydrogens is 308 g/mol. The average molecular weight is 334 g/mol. The van der Waals surface area contributed by atoms with Crippen LogP contribution in [-0.2, 0) is 5.41 Å². The fourth-order valence-electron chi connectivity index (χ4n) is 4.77. The number of fused-ring (bicyclic) bond motifs is 2. The van der Waals surface area contributed by atoms with Crippen LogP contribution in [0.15, 0.2) is 42.7 Å². The van der Waals surface area contributed by atoms with Gasteiger partial charge in [0.15, 0.2) is 0 Å². The van der Waals surface area contributed by atoms with E-state index in [1.165, 1.54) is 38.6 Å². The molecule has 1 aliphatic heterocycles. The van der Waals surface area contributed by atoms with E-state index < -0.39 is 0 Å². The van der Waals surface area contributed by atoms with Crippen molar-refractivity contribution < 1.29 is 0 Å². The van der Waals surface area contributed by atoms with Crippen molar-refractivity contribution in [1.82, 2.24) is 15.3 Å². The van der Waals surface area contributed by atoms with Crippen LogP contribution >= 0.6 is 0 Å². The summed E-state index contributed by atoms with van der Waals surface area (Å²) in [6.07, 6.45) is 10.2. The van der Waals surface area contributed by atoms with Crippen molar-refractivity contribution in [2.24, 2.45) is 5.92 Å². The maximum absolute atomic E-state index is 4.43. The number of anilines is 1. The molecule has 130 valence electrons. The van der Waals surface area contributed by atoms with Gasteiger partial charge in [-0.25, -0.2) is 9.97 Å². The molecule has 1 saturated heterocycles. The highest BCUT2D eigenvalue weighted by Crippen LogP contribution is 2.51. The zero-order valence-corrected chi connectivity index (χ0v) is 14.7. The number of aromatic nitrogens is 2. The number of hydrogen-bond acceptors (Lipinski definition) is 4. The molecule has 0 bridgehead atoms. The van der Waals surface area contributed by atoms with E-state index in [2.05, 4.69) is 44.5 Å². The maximum atomic E-state index is 4.43. The number of hydrogen-bond donors (Lipinski definition) is 1. The highest BCUT2D eigenvalue weighted by Gasteiger charge is 2.45. The fraction of sp³-hybridized carbons (Fsp3) is 0.524. The third-order valence-electron chi connectivity index (χ3n) is 6.41. The van der Waals surface area contributed by atoms with Crippen LogP contribution in [0.1, 0.15) is 49.3 Å². The monoisotopic (exact) mass is 334 g/mol. The van der Waals surface area contributed by atoms with Crippen molar-refractivity contribution >= 4 is 5.95 Å². The smallest absolute Gasteiger partial charge is 0.225 e. The van der Waals surface area contributed by atoms with Crippen molar-refractivity contribution in [3.8, 4) is 0 Å². The summed E-state index contributed by atoms with van der Waals surface area (Å²) in [5.41, 5.74) is 3.48. The minimum absolute atomic E-state index is 0.336. The topological polar surface area (TPSA) is 41.1 Å². The number of piperidine rings is 1. The zero-order chi connectivity index (χ0) is 16.7. The molecule has 1 aromatic carbocycles. The predicted octanol–water partition coefficient (Wildman–Crippen LogP) is 3.46. The average Bonchev–Trinajstić information content (AvgIpc) is 3.46. The second-order valence-electron chi connectivity index (χ2n) is 8.01. The Bertz CT molecular complexity index is 733. The Kier molecular flexibility index (Phi) is 3.74. The van der Waals surface area contributed by atoms with Crippen molar-refractivity contribution in [3.05, 3.63) is 53.9 Å². The van der Waals surface area contributed by atoms with Crippen LogP contribution in [0.2, 0.25) is 0 Å². The van der Waals surface area contributed by atoms with Crippen LogP contribution in [-0.4, -0.2) is 29.6 Å². The zero-order valence-electron chi connectivity index (χ0n) is 14.7. The molecule has 1 saturated carbocycles. The number of benzene rings is 1. The highest BCUT2D eigenvalue weighted by molar-refractivity contribution is 5.44. The molecule has 1 atom stereocenters. The van der Waals surface area contributed by atoms with Crippen LogP contribution in [0, 0.1) is 5.92 Å². The summed E-state index contributed by atoms with van der Waals surface area (Å²) < 4.78 is 0. The van der Waals surface area contributed by atoms with Gasteiger partial charge >= 0.3 is 0 Å². The molecule has 2 heterocycles. The predicted molar refractivity (Wildman–Crippen MR) is 99.7 cm³/mol. The normalized spacial score (nSPS) is 24.5. The lowest BCUT2D eigenvalue weighted by Crippen LogP contribution is -2.42. The van der Waals surface area contributed by atoms with E-state index in [0.717, 1.165) is 25.0 Å². The maximum Gasteiger partial charge on any atom is 0.225 e. The Hall–Kier alpha value is -1.94. The summed E-state index contributed by atoms with van der Waals surface area (Å²) in [7, 11) is 0. The van der Waals surface area contributed by atoms with Crippen molar-refractivity contribution in [1.29, 1.82) is 0 Å². The molecule has 1 N–H and O–H groups in total. The van der Waals surface area contributed by atoms with Gasteiger partial charge in [0.2, 0.25) is 5.95 Å². The minimum atomic E-state index is 0.336. The molecule has 2 aliphatic carbocycles. The molecule has 4 heteroatoms. The molecule has 2 fully saturated rings. The largest absolute Gasteiger partial charge is 0.341 e. The van der Waals surface area contributed by atoms with Crippen LogP contribution in [0.25, 0.3) is 0 Å². The highest BCUT2D eigenvalue weighted by atomic mass is 15.2. The fourth-order valence-corrected chi connectivity index (χ4v) is 4.77. The van der Waals surface area contributed by atoms with Crippen LogP contribution in [0.5, 0.6) is 0 Å². The SMILES string of the molecule is c1cnc(N2CCC3(CC2)CC(NCC2CC2)c2ccccc23)nc1. The molecule has 1 unspecified atom stereocenters. The van der Waals surface area contributed by atoms with Gasteiger partial charge in [0.05, 0.1) is 0 Å². The van der Waals surface area contributed by atoms with Gasteiger partial charge in [-0.3, -0.25) is 0 Å². The molecule has 1 spiro atoms. The number of rotatable bonds is 4. The van der Waals surface area contributed by atoms with Gasteiger partial charge in [-0.1, -0.05) is 24.3 Å². The Morgan fingerprint density at radius 3 is 2.56 bits per heavy atom. The lowest BCUT2D eigenvalue weighted by atomic mass is 9.73. The lowest BCUT2D eigenvalue weighted by molar-refractivity contribution is 0.299. The second-order valence-corrected chi connectivity index (χ2v) is 8.01. The summed E-state index contributed by atoms with van der Waals surface area (Å²) in [4.78, 5) is 11.2. The summed E-state index contributed by atoms with van der Waals surface area (Å²) in [5, 5.41) is 3.88. The molecule has 25 heavy (non-hydrogen) atoms. The number of nitrogens with zero attached hydrogens (tertiary/aromatic N) is 3. The first-order valence-electron chi connectivity index (χ1n) is 9.69. The Morgan fingerprint density at radius 1 is 1.04 bits per heavy atom. The third kappa shape index (κ3) is 2.82. The first-order valence-corrected chi connectivity index (χ1v) is 9.69. The van der Waals surface area contributed by atoms with Crippen molar-refractivity contribution in [2.45, 2.75) is 43.6 Å². The number of nitrogens with one attached hydrogen (secondary N) is 1. The van der Waals surface area contributed by atoms with Gasteiger partial charge in [-0.05, 0) is 61.8 Å². The molecule has 2 aromatic rings. The van der Waals surface area contributed by atoms with Gasteiger partial charge in [0, 0.05) is 36.9 Å². The van der Waals surface area contributed by atoms with Crippen molar-refractivity contribution in [3.63, 3.8) is 0 Å². The van der Waals surface area contributed by atoms with Gasteiger partial charge in [-0.15, -0.1) is 0 Å². The second kappa shape index (κ2) is 6.10. The van der Waals surface area contributed by atoms with E-state index in [4.69, 9.17) is 0 Å². The summed E-state index contributed by atoms with van der Waals surface area (Å²) in [6, 6.07) is 11.6. The van der Waals surface area contributed by atoms with Gasteiger partial charge in [0.25, 0.3) is 0 Å². The van der Waals surface area contributed by atoms with Crippen LogP contribution < -0.4 is 10.2 Å².